The van der Waals surface area contributed by atoms with Crippen LogP contribution in [0.3, 0.4) is 0 Å². The smallest absolute Gasteiger partial charge is 0.115 e. The topological polar surface area (TPSA) is 49.5 Å². The molecule has 2 rings (SSSR count). The van der Waals surface area contributed by atoms with Crippen LogP contribution < -0.4 is 5.73 Å². The number of nitrogens with zero attached hydrogens (tertiary/aromatic N) is 1. The molecule has 1 aromatic carbocycles. The van der Waals surface area contributed by atoms with Crippen molar-refractivity contribution in [3.63, 3.8) is 0 Å². The van der Waals surface area contributed by atoms with Crippen molar-refractivity contribution in [2.24, 2.45) is 5.73 Å². The normalized spacial score (nSPS) is 23.5. The molecule has 17 heavy (non-hydrogen) atoms. The van der Waals surface area contributed by atoms with Crippen LogP contribution in [0.2, 0.25) is 0 Å². The van der Waals surface area contributed by atoms with Crippen LogP contribution in [0.15, 0.2) is 24.3 Å². The van der Waals surface area contributed by atoms with Crippen LogP contribution in [0, 0.1) is 0 Å². The average molecular weight is 234 g/mol. The van der Waals surface area contributed by atoms with Gasteiger partial charge in [-0.25, -0.2) is 0 Å². The Labute approximate surface area is 103 Å². The maximum atomic E-state index is 9.27. The Morgan fingerprint density at radius 1 is 1.35 bits per heavy atom. The Bertz CT molecular complexity index is 348. The molecule has 1 fully saturated rings. The summed E-state index contributed by atoms with van der Waals surface area (Å²) in [5, 5.41) is 9.27. The van der Waals surface area contributed by atoms with E-state index in [1.807, 2.05) is 12.1 Å². The van der Waals surface area contributed by atoms with Crippen LogP contribution in [-0.4, -0.2) is 28.6 Å². The Hall–Kier alpha value is -1.06. The summed E-state index contributed by atoms with van der Waals surface area (Å²) in [7, 11) is 0. The summed E-state index contributed by atoms with van der Waals surface area (Å²) in [6.45, 7) is 4.17. The Morgan fingerprint density at radius 2 is 2.06 bits per heavy atom. The van der Waals surface area contributed by atoms with Crippen molar-refractivity contribution in [2.75, 3.05) is 6.54 Å². The van der Waals surface area contributed by atoms with Gasteiger partial charge in [-0.2, -0.15) is 0 Å². The zero-order valence-electron chi connectivity index (χ0n) is 10.5. The first-order valence-corrected chi connectivity index (χ1v) is 6.44. The third-order valence-corrected chi connectivity index (χ3v) is 3.59. The van der Waals surface area contributed by atoms with Gasteiger partial charge >= 0.3 is 0 Å². The highest BCUT2D eigenvalue weighted by Gasteiger charge is 2.25. The van der Waals surface area contributed by atoms with Crippen LogP contribution in [-0.2, 0) is 6.54 Å². The van der Waals surface area contributed by atoms with Crippen LogP contribution in [0.25, 0.3) is 0 Å². The lowest BCUT2D eigenvalue weighted by molar-refractivity contribution is 0.123. The lowest BCUT2D eigenvalue weighted by atomic mass is 9.96. The third kappa shape index (κ3) is 3.20. The van der Waals surface area contributed by atoms with Gasteiger partial charge in [0, 0.05) is 18.6 Å². The lowest BCUT2D eigenvalue weighted by Crippen LogP contribution is -2.48. The SMILES string of the molecule is CC(N)C1CCCCN1Cc1ccc(O)cc1. The minimum Gasteiger partial charge on any atom is -0.508 e. The van der Waals surface area contributed by atoms with E-state index in [0.29, 0.717) is 11.8 Å². The van der Waals surface area contributed by atoms with E-state index in [-0.39, 0.29) is 6.04 Å². The second kappa shape index (κ2) is 5.52. The number of phenolic OH excluding ortho intramolecular Hbond substituents is 1. The minimum absolute atomic E-state index is 0.229. The molecule has 1 saturated heterocycles. The van der Waals surface area contributed by atoms with Crippen molar-refractivity contribution in [3.8, 4) is 5.75 Å². The molecule has 1 heterocycles. The molecule has 2 atom stereocenters. The molecule has 0 amide bonds. The highest BCUT2D eigenvalue weighted by Crippen LogP contribution is 2.22. The zero-order chi connectivity index (χ0) is 12.3. The fourth-order valence-corrected chi connectivity index (χ4v) is 2.64. The second-order valence-corrected chi connectivity index (χ2v) is 5.06. The summed E-state index contributed by atoms with van der Waals surface area (Å²) in [5.41, 5.74) is 7.30. The highest BCUT2D eigenvalue weighted by atomic mass is 16.3. The molecule has 0 aliphatic carbocycles. The van der Waals surface area contributed by atoms with E-state index in [1.54, 1.807) is 12.1 Å². The monoisotopic (exact) mass is 234 g/mol. The van der Waals surface area contributed by atoms with Crippen LogP contribution >= 0.6 is 0 Å². The van der Waals surface area contributed by atoms with E-state index >= 15 is 0 Å². The molecule has 1 aliphatic heterocycles. The maximum absolute atomic E-state index is 9.27. The van der Waals surface area contributed by atoms with Crippen molar-refractivity contribution in [3.05, 3.63) is 29.8 Å². The molecule has 0 radical (unpaired) electrons. The van der Waals surface area contributed by atoms with Crippen molar-refractivity contribution >= 4 is 0 Å². The van der Waals surface area contributed by atoms with Gasteiger partial charge in [0.1, 0.15) is 5.75 Å². The lowest BCUT2D eigenvalue weighted by Gasteiger charge is -2.38. The fraction of sp³-hybridized carbons (Fsp3) is 0.571. The first kappa shape index (κ1) is 12.4. The van der Waals surface area contributed by atoms with Gasteiger partial charge < -0.3 is 10.8 Å². The van der Waals surface area contributed by atoms with Crippen molar-refractivity contribution in [1.29, 1.82) is 0 Å². The average Bonchev–Trinajstić information content (AvgIpc) is 2.32. The molecular weight excluding hydrogens is 212 g/mol. The van der Waals surface area contributed by atoms with Crippen LogP contribution in [0.5, 0.6) is 5.75 Å². The number of rotatable bonds is 3. The van der Waals surface area contributed by atoms with Gasteiger partial charge in [-0.3, -0.25) is 4.90 Å². The predicted molar refractivity (Wildman–Crippen MR) is 69.8 cm³/mol. The molecule has 0 bridgehead atoms. The van der Waals surface area contributed by atoms with Gasteiger partial charge in [0.15, 0.2) is 0 Å². The molecule has 0 saturated carbocycles. The molecular formula is C14H22N2O. The van der Waals surface area contributed by atoms with E-state index < -0.39 is 0 Å². The number of hydrogen-bond donors (Lipinski definition) is 2. The quantitative estimate of drug-likeness (QED) is 0.842. The predicted octanol–water partition coefficient (Wildman–Crippen LogP) is 2.09. The number of aromatic hydroxyl groups is 1. The molecule has 1 aliphatic rings. The van der Waals surface area contributed by atoms with Gasteiger partial charge in [0.2, 0.25) is 0 Å². The molecule has 0 aromatic heterocycles. The summed E-state index contributed by atoms with van der Waals surface area (Å²) in [6, 6.07) is 8.20. The highest BCUT2D eigenvalue weighted by molar-refractivity contribution is 5.25. The summed E-state index contributed by atoms with van der Waals surface area (Å²) >= 11 is 0. The van der Waals surface area contributed by atoms with E-state index in [2.05, 4.69) is 11.8 Å². The third-order valence-electron chi connectivity index (χ3n) is 3.59. The summed E-state index contributed by atoms with van der Waals surface area (Å²) < 4.78 is 0. The fourth-order valence-electron chi connectivity index (χ4n) is 2.64. The number of piperidine rings is 1. The second-order valence-electron chi connectivity index (χ2n) is 5.06. The van der Waals surface area contributed by atoms with E-state index in [4.69, 9.17) is 5.73 Å². The van der Waals surface area contributed by atoms with E-state index in [1.165, 1.54) is 24.8 Å². The molecule has 3 N–H and O–H groups in total. The number of benzene rings is 1. The Morgan fingerprint density at radius 3 is 2.71 bits per heavy atom. The zero-order valence-corrected chi connectivity index (χ0v) is 10.5. The molecule has 1 aromatic rings. The molecule has 3 nitrogen and oxygen atoms in total. The molecule has 2 unspecified atom stereocenters. The number of likely N-dealkylation sites (tertiary alicyclic amines) is 1. The van der Waals surface area contributed by atoms with Gasteiger partial charge in [0.25, 0.3) is 0 Å². The maximum Gasteiger partial charge on any atom is 0.115 e. The first-order valence-electron chi connectivity index (χ1n) is 6.44. The molecule has 0 spiro atoms. The first-order chi connectivity index (χ1) is 8.16. The number of nitrogens with two attached hydrogens (primary N) is 1. The van der Waals surface area contributed by atoms with E-state index in [9.17, 15) is 5.11 Å². The van der Waals surface area contributed by atoms with Gasteiger partial charge in [-0.1, -0.05) is 18.6 Å². The molecule has 3 heteroatoms. The standard InChI is InChI=1S/C14H22N2O/c1-11(15)14-4-2-3-9-16(14)10-12-5-7-13(17)8-6-12/h5-8,11,14,17H,2-4,9-10,15H2,1H3. The number of phenols is 1. The Kier molecular flexibility index (Phi) is 4.02. The Balaban J connectivity index is 2.02. The van der Waals surface area contributed by atoms with Crippen molar-refractivity contribution < 1.29 is 5.11 Å². The minimum atomic E-state index is 0.229. The van der Waals surface area contributed by atoms with Crippen molar-refractivity contribution in [2.45, 2.75) is 44.8 Å². The van der Waals surface area contributed by atoms with Crippen molar-refractivity contribution in [1.82, 2.24) is 4.90 Å². The summed E-state index contributed by atoms with van der Waals surface area (Å²) in [4.78, 5) is 2.47. The van der Waals surface area contributed by atoms with Crippen LogP contribution in [0.1, 0.15) is 31.7 Å². The summed E-state index contributed by atoms with van der Waals surface area (Å²) in [6.07, 6.45) is 3.76. The van der Waals surface area contributed by atoms with Gasteiger partial charge in [0.05, 0.1) is 0 Å². The van der Waals surface area contributed by atoms with Gasteiger partial charge in [-0.15, -0.1) is 0 Å². The summed E-state index contributed by atoms with van der Waals surface area (Å²) in [5.74, 6) is 0.330. The van der Waals surface area contributed by atoms with Crippen LogP contribution in [0.4, 0.5) is 0 Å². The van der Waals surface area contributed by atoms with E-state index in [0.717, 1.165) is 13.1 Å². The molecule has 94 valence electrons. The largest absolute Gasteiger partial charge is 0.508 e. The van der Waals surface area contributed by atoms with Gasteiger partial charge in [-0.05, 0) is 44.0 Å². The number of hydrogen-bond acceptors (Lipinski definition) is 3.